The van der Waals surface area contributed by atoms with E-state index in [1.807, 2.05) is 7.05 Å². The highest BCUT2D eigenvalue weighted by atomic mass is 79.9. The molecule has 0 spiro atoms. The van der Waals surface area contributed by atoms with Crippen molar-refractivity contribution in [1.29, 1.82) is 0 Å². The van der Waals surface area contributed by atoms with E-state index in [2.05, 4.69) is 50.4 Å². The number of rotatable bonds is 5. The molecule has 1 aromatic heterocycles. The smallest absolute Gasteiger partial charge is 0.153 e. The number of hydrazine groups is 1. The summed E-state index contributed by atoms with van der Waals surface area (Å²) in [5.41, 5.74) is 3.94. The zero-order valence-electron chi connectivity index (χ0n) is 11.9. The molecule has 2 atom stereocenters. The fourth-order valence-corrected chi connectivity index (χ4v) is 3.59. The Balaban J connectivity index is 2.38. The first-order chi connectivity index (χ1) is 9.04. The van der Waals surface area contributed by atoms with Crippen molar-refractivity contribution in [3.63, 3.8) is 0 Å². The third-order valence-electron chi connectivity index (χ3n) is 4.43. The maximum atomic E-state index is 5.86. The van der Waals surface area contributed by atoms with Crippen molar-refractivity contribution in [3.8, 4) is 0 Å². The third kappa shape index (κ3) is 2.56. The van der Waals surface area contributed by atoms with Crippen LogP contribution in [0.25, 0.3) is 0 Å². The molecule has 0 bridgehead atoms. The van der Waals surface area contributed by atoms with Gasteiger partial charge in [-0.3, -0.25) is 10.7 Å². The largest absolute Gasteiger partial charge is 0.296 e. The van der Waals surface area contributed by atoms with Gasteiger partial charge in [0, 0.05) is 12.6 Å². The van der Waals surface area contributed by atoms with Crippen LogP contribution < -0.4 is 11.3 Å². The van der Waals surface area contributed by atoms with Crippen LogP contribution in [0.2, 0.25) is 0 Å². The monoisotopic (exact) mass is 330 g/mol. The van der Waals surface area contributed by atoms with Crippen molar-refractivity contribution in [2.45, 2.75) is 44.7 Å². The molecule has 1 aromatic rings. The normalized spacial score (nSPS) is 21.5. The molecule has 2 heterocycles. The molecule has 2 rings (SSSR count). The van der Waals surface area contributed by atoms with Crippen molar-refractivity contribution < 1.29 is 0 Å². The first-order valence-electron chi connectivity index (χ1n) is 6.80. The number of hydrogen-bond donors (Lipinski definition) is 2. The highest BCUT2D eigenvalue weighted by Crippen LogP contribution is 2.37. The Bertz CT molecular complexity index is 408. The van der Waals surface area contributed by atoms with Gasteiger partial charge in [0.1, 0.15) is 0 Å². The van der Waals surface area contributed by atoms with Crippen molar-refractivity contribution in [3.05, 3.63) is 10.3 Å². The second kappa shape index (κ2) is 5.87. The van der Waals surface area contributed by atoms with Crippen LogP contribution in [0.4, 0.5) is 0 Å². The van der Waals surface area contributed by atoms with Crippen LogP contribution >= 0.6 is 15.9 Å². The molecule has 7 heteroatoms. The summed E-state index contributed by atoms with van der Waals surface area (Å²) in [6.45, 7) is 6.74. The summed E-state index contributed by atoms with van der Waals surface area (Å²) in [5, 5.41) is 8.14. The molecular formula is C12H23BrN6. The molecular weight excluding hydrogens is 308 g/mol. The minimum atomic E-state index is -0.0384. The van der Waals surface area contributed by atoms with Crippen LogP contribution in [0.15, 0.2) is 4.60 Å². The van der Waals surface area contributed by atoms with E-state index in [1.54, 1.807) is 4.68 Å². The predicted molar refractivity (Wildman–Crippen MR) is 78.3 cm³/mol. The van der Waals surface area contributed by atoms with E-state index in [0.29, 0.717) is 0 Å². The Hall–Kier alpha value is -0.500. The topological polar surface area (TPSA) is 72.0 Å². The number of halogens is 1. The Morgan fingerprint density at radius 3 is 2.53 bits per heavy atom. The Kier molecular flexibility index (Phi) is 4.60. The SMILES string of the molecule is CCC(C)(C(NN)c1c(Br)nnn1C)N1CCCC1. The molecule has 3 N–H and O–H groups in total. The van der Waals surface area contributed by atoms with Gasteiger partial charge in [-0.25, -0.2) is 10.1 Å². The van der Waals surface area contributed by atoms with E-state index in [0.717, 1.165) is 29.8 Å². The molecule has 0 amide bonds. The van der Waals surface area contributed by atoms with Gasteiger partial charge in [-0.15, -0.1) is 5.10 Å². The van der Waals surface area contributed by atoms with Gasteiger partial charge in [0.15, 0.2) is 4.60 Å². The number of nitrogens with one attached hydrogen (secondary N) is 1. The number of aromatic nitrogens is 3. The van der Waals surface area contributed by atoms with Gasteiger partial charge in [0.25, 0.3) is 0 Å². The molecule has 0 saturated carbocycles. The lowest BCUT2D eigenvalue weighted by molar-refractivity contribution is 0.0803. The van der Waals surface area contributed by atoms with Crippen LogP contribution in [0.5, 0.6) is 0 Å². The fraction of sp³-hybridized carbons (Fsp3) is 0.833. The summed E-state index contributed by atoms with van der Waals surface area (Å²) in [5.74, 6) is 5.86. The molecule has 1 aliphatic rings. The number of nitrogens with zero attached hydrogens (tertiary/aromatic N) is 4. The zero-order valence-corrected chi connectivity index (χ0v) is 13.4. The molecule has 0 aliphatic carbocycles. The van der Waals surface area contributed by atoms with Crippen LogP contribution in [0, 0.1) is 0 Å². The van der Waals surface area contributed by atoms with Gasteiger partial charge in [-0.05, 0) is 55.2 Å². The Morgan fingerprint density at radius 2 is 2.11 bits per heavy atom. The van der Waals surface area contributed by atoms with Crippen LogP contribution in [0.3, 0.4) is 0 Å². The van der Waals surface area contributed by atoms with E-state index in [4.69, 9.17) is 5.84 Å². The maximum absolute atomic E-state index is 5.86. The van der Waals surface area contributed by atoms with Crippen molar-refractivity contribution in [2.24, 2.45) is 12.9 Å². The molecule has 19 heavy (non-hydrogen) atoms. The summed E-state index contributed by atoms with van der Waals surface area (Å²) in [6.07, 6.45) is 3.54. The molecule has 1 aliphatic heterocycles. The molecule has 6 nitrogen and oxygen atoms in total. The number of aryl methyl sites for hydroxylation is 1. The minimum absolute atomic E-state index is 0.00928. The van der Waals surface area contributed by atoms with E-state index in [1.165, 1.54) is 12.8 Å². The Morgan fingerprint density at radius 1 is 1.47 bits per heavy atom. The van der Waals surface area contributed by atoms with Crippen molar-refractivity contribution >= 4 is 15.9 Å². The minimum Gasteiger partial charge on any atom is -0.296 e. The number of hydrogen-bond acceptors (Lipinski definition) is 5. The maximum Gasteiger partial charge on any atom is 0.153 e. The fourth-order valence-electron chi connectivity index (χ4n) is 3.04. The first kappa shape index (κ1) is 14.9. The molecule has 108 valence electrons. The zero-order chi connectivity index (χ0) is 14.0. The van der Waals surface area contributed by atoms with Gasteiger partial charge in [-0.1, -0.05) is 12.1 Å². The predicted octanol–water partition coefficient (Wildman–Crippen LogP) is 1.35. The first-order valence-corrected chi connectivity index (χ1v) is 7.60. The van der Waals surface area contributed by atoms with Gasteiger partial charge >= 0.3 is 0 Å². The van der Waals surface area contributed by atoms with Gasteiger partial charge in [0.05, 0.1) is 11.7 Å². The highest BCUT2D eigenvalue weighted by molar-refractivity contribution is 9.10. The lowest BCUT2D eigenvalue weighted by Crippen LogP contribution is -2.55. The van der Waals surface area contributed by atoms with Crippen LogP contribution in [-0.4, -0.2) is 38.5 Å². The second-order valence-corrected chi connectivity index (χ2v) is 6.14. The summed E-state index contributed by atoms with van der Waals surface area (Å²) in [6, 6.07) is -0.00928. The average molecular weight is 331 g/mol. The van der Waals surface area contributed by atoms with Gasteiger partial charge < -0.3 is 0 Å². The van der Waals surface area contributed by atoms with E-state index in [9.17, 15) is 0 Å². The summed E-state index contributed by atoms with van der Waals surface area (Å²) in [4.78, 5) is 2.52. The van der Waals surface area contributed by atoms with Gasteiger partial charge in [0.2, 0.25) is 0 Å². The number of nitrogens with two attached hydrogens (primary N) is 1. The lowest BCUT2D eigenvalue weighted by Gasteiger charge is -2.44. The summed E-state index contributed by atoms with van der Waals surface area (Å²) >= 11 is 3.48. The van der Waals surface area contributed by atoms with E-state index < -0.39 is 0 Å². The van der Waals surface area contributed by atoms with E-state index in [-0.39, 0.29) is 11.6 Å². The van der Waals surface area contributed by atoms with Gasteiger partial charge in [-0.2, -0.15) is 0 Å². The molecule has 2 unspecified atom stereocenters. The number of likely N-dealkylation sites (tertiary alicyclic amines) is 1. The standard InChI is InChI=1S/C12H23BrN6/c1-4-12(2,19-7-5-6-8-19)10(15-14)9-11(13)16-17-18(9)3/h10,15H,4-8,14H2,1-3H3. The Labute approximate surface area is 122 Å². The molecule has 1 fully saturated rings. The van der Waals surface area contributed by atoms with Crippen molar-refractivity contribution in [2.75, 3.05) is 13.1 Å². The quantitative estimate of drug-likeness (QED) is 0.629. The lowest BCUT2D eigenvalue weighted by atomic mass is 9.86. The molecule has 0 aromatic carbocycles. The second-order valence-electron chi connectivity index (χ2n) is 5.39. The summed E-state index contributed by atoms with van der Waals surface area (Å²) < 4.78 is 2.55. The van der Waals surface area contributed by atoms with Crippen LogP contribution in [0.1, 0.15) is 44.8 Å². The highest BCUT2D eigenvalue weighted by Gasteiger charge is 2.42. The summed E-state index contributed by atoms with van der Waals surface area (Å²) in [7, 11) is 1.90. The average Bonchev–Trinajstić information content (AvgIpc) is 3.04. The van der Waals surface area contributed by atoms with E-state index >= 15 is 0 Å². The molecule has 1 saturated heterocycles. The third-order valence-corrected chi connectivity index (χ3v) is 5.00. The molecule has 0 radical (unpaired) electrons. The van der Waals surface area contributed by atoms with Crippen molar-refractivity contribution in [1.82, 2.24) is 25.3 Å². The van der Waals surface area contributed by atoms with Crippen LogP contribution in [-0.2, 0) is 7.05 Å².